The van der Waals surface area contributed by atoms with E-state index in [0.29, 0.717) is 29.0 Å². The van der Waals surface area contributed by atoms with Crippen LogP contribution in [0.4, 0.5) is 5.82 Å². The Bertz CT molecular complexity index is 932. The molecule has 1 aliphatic rings. The van der Waals surface area contributed by atoms with Gasteiger partial charge in [0.1, 0.15) is 5.75 Å². The molecule has 1 saturated heterocycles. The third-order valence-corrected chi connectivity index (χ3v) is 5.40. The number of aromatic nitrogens is 4. The maximum atomic E-state index is 10.1. The summed E-state index contributed by atoms with van der Waals surface area (Å²) < 4.78 is 2.02. The summed E-state index contributed by atoms with van der Waals surface area (Å²) in [5.74, 6) is 1.13. The van der Waals surface area contributed by atoms with Crippen LogP contribution in [0.15, 0.2) is 42.7 Å². The molecule has 27 heavy (non-hydrogen) atoms. The molecule has 7 heteroatoms. The quantitative estimate of drug-likeness (QED) is 0.658. The molecule has 7 nitrogen and oxygen atoms in total. The van der Waals surface area contributed by atoms with Crippen molar-refractivity contribution in [2.75, 3.05) is 18.8 Å². The van der Waals surface area contributed by atoms with Gasteiger partial charge in [0, 0.05) is 22.9 Å². The molecule has 0 spiro atoms. The first-order valence-electron chi connectivity index (χ1n) is 9.30. The lowest BCUT2D eigenvalue weighted by molar-refractivity contribution is 0.261. The second-order valence-corrected chi connectivity index (χ2v) is 7.08. The van der Waals surface area contributed by atoms with E-state index >= 15 is 0 Å². The van der Waals surface area contributed by atoms with E-state index in [4.69, 9.17) is 5.73 Å². The largest absolute Gasteiger partial charge is 0.507 e. The third kappa shape index (κ3) is 3.50. The van der Waals surface area contributed by atoms with E-state index < -0.39 is 0 Å². The Labute approximate surface area is 158 Å². The number of aromatic hydroxyl groups is 1. The number of nitrogens with zero attached hydrogens (tertiary/aromatic N) is 4. The van der Waals surface area contributed by atoms with Gasteiger partial charge in [-0.2, -0.15) is 5.10 Å². The molecule has 1 unspecified atom stereocenters. The van der Waals surface area contributed by atoms with Gasteiger partial charge in [0.2, 0.25) is 0 Å². The molecule has 0 amide bonds. The number of nitrogen functional groups attached to an aromatic ring is 1. The lowest BCUT2D eigenvalue weighted by atomic mass is 9.91. The summed E-state index contributed by atoms with van der Waals surface area (Å²) in [4.78, 5) is 0. The summed E-state index contributed by atoms with van der Waals surface area (Å²) >= 11 is 0. The highest BCUT2D eigenvalue weighted by Crippen LogP contribution is 2.33. The molecule has 3 heterocycles. The maximum Gasteiger partial charge on any atom is 0.154 e. The summed E-state index contributed by atoms with van der Waals surface area (Å²) in [7, 11) is 0. The zero-order chi connectivity index (χ0) is 18.8. The summed E-state index contributed by atoms with van der Waals surface area (Å²) in [5, 5.41) is 26.3. The average molecular weight is 364 g/mol. The van der Waals surface area contributed by atoms with Gasteiger partial charge in [0.05, 0.1) is 17.9 Å². The van der Waals surface area contributed by atoms with Crippen molar-refractivity contribution in [1.82, 2.24) is 25.3 Å². The van der Waals surface area contributed by atoms with Crippen LogP contribution in [0, 0.1) is 5.92 Å². The van der Waals surface area contributed by atoms with Crippen LogP contribution >= 0.6 is 0 Å². The van der Waals surface area contributed by atoms with Crippen molar-refractivity contribution in [2.45, 2.75) is 25.8 Å². The average Bonchev–Trinajstić information content (AvgIpc) is 3.19. The predicted molar refractivity (Wildman–Crippen MR) is 105 cm³/mol. The van der Waals surface area contributed by atoms with Crippen LogP contribution in [-0.4, -0.2) is 38.2 Å². The molecule has 1 aliphatic heterocycles. The van der Waals surface area contributed by atoms with Gasteiger partial charge >= 0.3 is 0 Å². The Morgan fingerprint density at radius 2 is 1.96 bits per heavy atom. The first kappa shape index (κ1) is 17.5. The number of phenols is 1. The number of anilines is 1. The van der Waals surface area contributed by atoms with Crippen LogP contribution < -0.4 is 11.1 Å². The number of nitrogens with two attached hydrogens (primary N) is 1. The van der Waals surface area contributed by atoms with Gasteiger partial charge in [0.15, 0.2) is 5.82 Å². The van der Waals surface area contributed by atoms with Crippen molar-refractivity contribution in [2.24, 2.45) is 5.92 Å². The molecule has 4 N–H and O–H groups in total. The fourth-order valence-electron chi connectivity index (χ4n) is 3.70. The second kappa shape index (κ2) is 7.36. The van der Waals surface area contributed by atoms with Gasteiger partial charge in [-0.25, -0.2) is 0 Å². The number of hydrogen-bond donors (Lipinski definition) is 3. The van der Waals surface area contributed by atoms with Crippen molar-refractivity contribution >= 4 is 5.82 Å². The molecular formula is C20H24N6O. The molecule has 2 aromatic heterocycles. The molecule has 0 saturated carbocycles. The smallest absolute Gasteiger partial charge is 0.154 e. The maximum absolute atomic E-state index is 10.1. The molecule has 1 fully saturated rings. The van der Waals surface area contributed by atoms with Crippen molar-refractivity contribution in [3.8, 4) is 28.1 Å². The number of phenolic OH excluding ortho intramolecular Hbond substituents is 1. The zero-order valence-corrected chi connectivity index (χ0v) is 15.3. The minimum Gasteiger partial charge on any atom is -0.507 e. The number of hydrogen-bond acceptors (Lipinski definition) is 6. The minimum atomic E-state index is 0.165. The van der Waals surface area contributed by atoms with Crippen LogP contribution in [0.25, 0.3) is 22.4 Å². The Kier molecular flexibility index (Phi) is 4.77. The van der Waals surface area contributed by atoms with Crippen LogP contribution in [0.5, 0.6) is 5.75 Å². The highest BCUT2D eigenvalue weighted by molar-refractivity contribution is 5.78. The summed E-state index contributed by atoms with van der Waals surface area (Å²) in [6, 6.07) is 9.25. The minimum absolute atomic E-state index is 0.165. The molecule has 1 atom stereocenters. The summed E-state index contributed by atoms with van der Waals surface area (Å²) in [6.45, 7) is 4.34. The fraction of sp³-hybridized carbons (Fsp3) is 0.350. The molecule has 1 aromatic carbocycles. The Balaban J connectivity index is 1.65. The van der Waals surface area contributed by atoms with Gasteiger partial charge in [0.25, 0.3) is 0 Å². The molecule has 3 aromatic rings. The van der Waals surface area contributed by atoms with Gasteiger partial charge in [-0.1, -0.05) is 12.1 Å². The normalized spacial score (nSPS) is 16.3. The van der Waals surface area contributed by atoms with Gasteiger partial charge in [-0.05, 0) is 57.0 Å². The van der Waals surface area contributed by atoms with E-state index in [2.05, 4.69) is 27.5 Å². The van der Waals surface area contributed by atoms with Gasteiger partial charge in [-0.15, -0.1) is 10.2 Å². The molecule has 0 radical (unpaired) electrons. The Morgan fingerprint density at radius 1 is 1.19 bits per heavy atom. The number of benzene rings is 1. The van der Waals surface area contributed by atoms with Crippen LogP contribution in [0.1, 0.15) is 25.8 Å². The monoisotopic (exact) mass is 364 g/mol. The van der Waals surface area contributed by atoms with E-state index in [1.807, 2.05) is 35.3 Å². The van der Waals surface area contributed by atoms with Crippen molar-refractivity contribution in [1.29, 1.82) is 0 Å². The Hall–Kier alpha value is -2.93. The number of para-hydroxylation sites is 1. The van der Waals surface area contributed by atoms with Crippen molar-refractivity contribution in [3.05, 3.63) is 42.7 Å². The highest BCUT2D eigenvalue weighted by atomic mass is 16.3. The van der Waals surface area contributed by atoms with Crippen molar-refractivity contribution < 1.29 is 5.11 Å². The second-order valence-electron chi connectivity index (χ2n) is 7.08. The van der Waals surface area contributed by atoms with E-state index in [-0.39, 0.29) is 5.75 Å². The zero-order valence-electron chi connectivity index (χ0n) is 15.3. The molecule has 0 bridgehead atoms. The van der Waals surface area contributed by atoms with Crippen molar-refractivity contribution in [3.63, 3.8) is 0 Å². The SMILES string of the molecule is CC(C1CCNCC1)n1cc(-c2cc(-c3ccccc3O)nnc2N)cn1. The first-order valence-corrected chi connectivity index (χ1v) is 9.30. The number of nitrogens with one attached hydrogen (secondary N) is 1. The molecular weight excluding hydrogens is 340 g/mol. The molecule has 0 aliphatic carbocycles. The van der Waals surface area contributed by atoms with E-state index in [1.165, 1.54) is 0 Å². The van der Waals surface area contributed by atoms with Crippen LogP contribution in [-0.2, 0) is 0 Å². The standard InChI is InChI=1S/C20H24N6O/c1-13(14-6-8-22-9-7-14)26-12-15(11-23-26)17-10-18(24-25-20(17)21)16-4-2-3-5-19(16)27/h2-5,10-14,22,27H,6-9H2,1H3,(H2,21,25). The lowest BCUT2D eigenvalue weighted by Crippen LogP contribution is -2.31. The predicted octanol–water partition coefficient (Wildman–Crippen LogP) is 2.86. The highest BCUT2D eigenvalue weighted by Gasteiger charge is 2.22. The number of piperidine rings is 1. The topological polar surface area (TPSA) is 102 Å². The number of rotatable bonds is 4. The summed E-state index contributed by atoms with van der Waals surface area (Å²) in [5.41, 5.74) is 8.96. The van der Waals surface area contributed by atoms with Gasteiger partial charge < -0.3 is 16.2 Å². The summed E-state index contributed by atoms with van der Waals surface area (Å²) in [6.07, 6.45) is 6.16. The fourth-order valence-corrected chi connectivity index (χ4v) is 3.70. The van der Waals surface area contributed by atoms with E-state index in [1.54, 1.807) is 12.1 Å². The van der Waals surface area contributed by atoms with Gasteiger partial charge in [-0.3, -0.25) is 4.68 Å². The van der Waals surface area contributed by atoms with E-state index in [9.17, 15) is 5.11 Å². The first-order chi connectivity index (χ1) is 13.1. The van der Waals surface area contributed by atoms with E-state index in [0.717, 1.165) is 37.1 Å². The third-order valence-electron chi connectivity index (χ3n) is 5.40. The van der Waals surface area contributed by atoms with Crippen LogP contribution in [0.3, 0.4) is 0 Å². The Morgan fingerprint density at radius 3 is 2.74 bits per heavy atom. The lowest BCUT2D eigenvalue weighted by Gasteiger charge is -2.28. The molecule has 140 valence electrons. The van der Waals surface area contributed by atoms with Crippen LogP contribution in [0.2, 0.25) is 0 Å². The molecule has 4 rings (SSSR count).